The maximum atomic E-state index is 13.4. The van der Waals surface area contributed by atoms with Crippen LogP contribution in [0, 0.1) is 0 Å². The number of hydrogen-bond donors (Lipinski definition) is 0. The average molecular weight is 406 g/mol. The van der Waals surface area contributed by atoms with Crippen molar-refractivity contribution in [2.75, 3.05) is 11.9 Å². The second-order valence-corrected chi connectivity index (χ2v) is 8.81. The fraction of sp³-hybridized carbons (Fsp3) is 0.542. The molecule has 1 aromatic heterocycles. The molecule has 2 aliphatic heterocycles. The smallest absolute Gasteiger partial charge is 0.280 e. The van der Waals surface area contributed by atoms with Gasteiger partial charge in [0.25, 0.3) is 5.91 Å². The van der Waals surface area contributed by atoms with Crippen molar-refractivity contribution in [3.8, 4) is 0 Å². The van der Waals surface area contributed by atoms with Crippen LogP contribution in [0.2, 0.25) is 0 Å². The number of rotatable bonds is 7. The van der Waals surface area contributed by atoms with Gasteiger partial charge in [-0.3, -0.25) is 14.6 Å². The van der Waals surface area contributed by atoms with Gasteiger partial charge in [-0.25, -0.2) is 9.98 Å². The Morgan fingerprint density at radius 2 is 1.93 bits per heavy atom. The molecule has 1 aromatic carbocycles. The van der Waals surface area contributed by atoms with E-state index in [2.05, 4.69) is 40.7 Å². The van der Waals surface area contributed by atoms with Crippen molar-refractivity contribution < 1.29 is 4.79 Å². The minimum atomic E-state index is 0.0169. The molecule has 6 heteroatoms. The van der Waals surface area contributed by atoms with Crippen LogP contribution < -0.4 is 4.90 Å². The van der Waals surface area contributed by atoms with Crippen LogP contribution >= 0.6 is 0 Å². The lowest BCUT2D eigenvalue weighted by Crippen LogP contribution is -2.51. The second kappa shape index (κ2) is 7.89. The number of aryl methyl sites for hydroxylation is 1. The number of hydrogen-bond acceptors (Lipinski definition) is 4. The summed E-state index contributed by atoms with van der Waals surface area (Å²) in [4.78, 5) is 27.5. The fourth-order valence-electron chi connectivity index (χ4n) is 5.18. The first-order valence-corrected chi connectivity index (χ1v) is 11.5. The molecule has 0 unspecified atom stereocenters. The van der Waals surface area contributed by atoms with E-state index in [1.54, 1.807) is 4.90 Å². The zero-order chi connectivity index (χ0) is 20.7. The number of amides is 1. The number of aromatic nitrogens is 2. The molecule has 1 amide bonds. The molecule has 158 valence electrons. The van der Waals surface area contributed by atoms with Crippen LogP contribution in [0.4, 0.5) is 5.82 Å². The first kappa shape index (κ1) is 19.3. The number of imidazole rings is 1. The van der Waals surface area contributed by atoms with Gasteiger partial charge in [0, 0.05) is 20.0 Å². The van der Waals surface area contributed by atoms with Gasteiger partial charge in [-0.2, -0.15) is 0 Å². The van der Waals surface area contributed by atoms with Gasteiger partial charge in [0.15, 0.2) is 11.5 Å². The van der Waals surface area contributed by atoms with Crippen molar-refractivity contribution in [3.63, 3.8) is 0 Å². The molecule has 0 bridgehead atoms. The van der Waals surface area contributed by atoms with Gasteiger partial charge in [0.05, 0.1) is 12.1 Å². The molecule has 0 spiro atoms. The molecule has 6 nitrogen and oxygen atoms in total. The van der Waals surface area contributed by atoms with Crippen LogP contribution in [0.15, 0.2) is 35.3 Å². The van der Waals surface area contributed by atoms with Crippen molar-refractivity contribution in [1.82, 2.24) is 14.5 Å². The highest BCUT2D eigenvalue weighted by atomic mass is 16.2. The van der Waals surface area contributed by atoms with E-state index < -0.39 is 0 Å². The van der Waals surface area contributed by atoms with Gasteiger partial charge in [0.1, 0.15) is 5.82 Å². The molecule has 0 radical (unpaired) electrons. The van der Waals surface area contributed by atoms with Crippen LogP contribution in [-0.4, -0.2) is 45.4 Å². The van der Waals surface area contributed by atoms with Gasteiger partial charge in [-0.05, 0) is 31.2 Å². The Morgan fingerprint density at radius 1 is 1.10 bits per heavy atom. The highest BCUT2D eigenvalue weighted by Gasteiger charge is 2.49. The third kappa shape index (κ3) is 3.13. The zero-order valence-electron chi connectivity index (χ0n) is 18.0. The monoisotopic (exact) mass is 405 g/mol. The van der Waals surface area contributed by atoms with E-state index in [0.29, 0.717) is 18.6 Å². The van der Waals surface area contributed by atoms with Crippen molar-refractivity contribution >= 4 is 17.7 Å². The number of carbonyl (C=O) groups is 1. The predicted octanol–water partition coefficient (Wildman–Crippen LogP) is 4.24. The maximum absolute atomic E-state index is 13.4. The first-order chi connectivity index (χ1) is 14.7. The summed E-state index contributed by atoms with van der Waals surface area (Å²) < 4.78 is 2.18. The summed E-state index contributed by atoms with van der Waals surface area (Å²) in [7, 11) is 1.86. The predicted molar refractivity (Wildman–Crippen MR) is 119 cm³/mol. The number of fused-ring (bicyclic) bond motifs is 5. The molecule has 0 saturated heterocycles. The molecule has 3 aliphatic rings. The van der Waals surface area contributed by atoms with Crippen molar-refractivity contribution in [2.45, 2.75) is 76.9 Å². The minimum Gasteiger partial charge on any atom is -0.318 e. The molecule has 3 heterocycles. The summed E-state index contributed by atoms with van der Waals surface area (Å²) >= 11 is 0. The Kier molecular flexibility index (Phi) is 5.09. The minimum absolute atomic E-state index is 0.0169. The molecule has 5 rings (SSSR count). The van der Waals surface area contributed by atoms with Crippen LogP contribution in [0.25, 0.3) is 0 Å². The highest BCUT2D eigenvalue weighted by Crippen LogP contribution is 2.40. The van der Waals surface area contributed by atoms with Gasteiger partial charge < -0.3 is 4.57 Å². The summed E-state index contributed by atoms with van der Waals surface area (Å²) in [5.74, 6) is 2.68. The highest BCUT2D eigenvalue weighted by molar-refractivity contribution is 6.18. The van der Waals surface area contributed by atoms with E-state index in [-0.39, 0.29) is 5.91 Å². The summed E-state index contributed by atoms with van der Waals surface area (Å²) in [6.07, 6.45) is 9.11. The van der Waals surface area contributed by atoms with Crippen LogP contribution in [-0.2, 0) is 13.0 Å². The van der Waals surface area contributed by atoms with Gasteiger partial charge in [-0.15, -0.1) is 0 Å². The number of unbranched alkanes of at least 4 members (excludes halogenated alkanes) is 3. The lowest BCUT2D eigenvalue weighted by molar-refractivity contribution is 0.0854. The van der Waals surface area contributed by atoms with Crippen LogP contribution in [0.1, 0.15) is 73.7 Å². The SMILES string of the molecule is CCCCCCc1nc2c(n1Cc1ccccc1)C(=O)N(C)C1=N[C@@H]3CCC[C@@H]3N12. The fourth-order valence-corrected chi connectivity index (χ4v) is 5.18. The summed E-state index contributed by atoms with van der Waals surface area (Å²) in [6.45, 7) is 2.91. The molecule has 1 fully saturated rings. The van der Waals surface area contributed by atoms with E-state index in [9.17, 15) is 4.79 Å². The van der Waals surface area contributed by atoms with Crippen molar-refractivity contribution in [3.05, 3.63) is 47.4 Å². The number of guanidine groups is 1. The number of carbonyl (C=O) groups excluding carboxylic acids is 1. The van der Waals surface area contributed by atoms with Crippen molar-refractivity contribution in [2.24, 2.45) is 4.99 Å². The number of aliphatic imine (C=N–C) groups is 1. The largest absolute Gasteiger partial charge is 0.318 e. The third-order valence-electron chi connectivity index (χ3n) is 6.77. The molecule has 30 heavy (non-hydrogen) atoms. The van der Waals surface area contributed by atoms with E-state index in [1.165, 1.54) is 31.2 Å². The molecule has 2 atom stereocenters. The summed E-state index contributed by atoms with van der Waals surface area (Å²) in [6, 6.07) is 11.0. The Labute approximate surface area is 178 Å². The van der Waals surface area contributed by atoms with Crippen LogP contribution in [0.3, 0.4) is 0 Å². The van der Waals surface area contributed by atoms with Gasteiger partial charge in [0.2, 0.25) is 5.96 Å². The lowest BCUT2D eigenvalue weighted by Gasteiger charge is -2.34. The lowest BCUT2D eigenvalue weighted by atomic mass is 10.1. The van der Waals surface area contributed by atoms with Crippen molar-refractivity contribution in [1.29, 1.82) is 0 Å². The summed E-state index contributed by atoms with van der Waals surface area (Å²) in [5.41, 5.74) is 1.93. The molecule has 1 aliphatic carbocycles. The van der Waals surface area contributed by atoms with E-state index in [1.807, 2.05) is 13.1 Å². The average Bonchev–Trinajstić information content (AvgIpc) is 3.44. The van der Waals surface area contributed by atoms with E-state index in [0.717, 1.165) is 49.0 Å². The quantitative estimate of drug-likeness (QED) is 0.648. The van der Waals surface area contributed by atoms with Gasteiger partial charge in [-0.1, -0.05) is 56.5 Å². The Bertz CT molecular complexity index is 963. The van der Waals surface area contributed by atoms with Crippen LogP contribution in [0.5, 0.6) is 0 Å². The van der Waals surface area contributed by atoms with E-state index >= 15 is 0 Å². The second-order valence-electron chi connectivity index (χ2n) is 8.81. The van der Waals surface area contributed by atoms with Gasteiger partial charge >= 0.3 is 0 Å². The molecular weight excluding hydrogens is 374 g/mol. The molecule has 0 N–H and O–H groups in total. The normalized spacial score (nSPS) is 22.2. The topological polar surface area (TPSA) is 53.7 Å². The number of nitrogens with zero attached hydrogens (tertiary/aromatic N) is 5. The Morgan fingerprint density at radius 3 is 2.73 bits per heavy atom. The first-order valence-electron chi connectivity index (χ1n) is 11.5. The number of anilines is 1. The number of benzene rings is 1. The summed E-state index contributed by atoms with van der Waals surface area (Å²) in [5, 5.41) is 0. The standard InChI is InChI=1S/C24H31N5O/c1-3-4-5-9-15-20-26-22-21(28(20)16-17-11-7-6-8-12-17)23(30)27(2)24-25-18-13-10-14-19(18)29(22)24/h6-8,11-12,18-19H,3-5,9-10,13-16H2,1-2H3/t18-,19+/m1/s1. The molecular formula is C24H31N5O. The zero-order valence-corrected chi connectivity index (χ0v) is 18.0. The Balaban J connectivity index is 1.56. The maximum Gasteiger partial charge on any atom is 0.280 e. The van der Waals surface area contributed by atoms with E-state index in [4.69, 9.17) is 9.98 Å². The Hall–Kier alpha value is -2.63. The molecule has 2 aromatic rings. The molecule has 1 saturated carbocycles. The third-order valence-corrected chi connectivity index (χ3v) is 6.77.